The van der Waals surface area contributed by atoms with Crippen molar-refractivity contribution in [3.8, 4) is 0 Å². The lowest BCUT2D eigenvalue weighted by Crippen LogP contribution is -2.42. The first-order valence-corrected chi connectivity index (χ1v) is 8.45. The van der Waals surface area contributed by atoms with E-state index in [1.807, 2.05) is 0 Å². The number of carbonyl (C=O) groups excluding carboxylic acids is 1. The van der Waals surface area contributed by atoms with Crippen molar-refractivity contribution >= 4 is 5.91 Å². The van der Waals surface area contributed by atoms with Crippen LogP contribution in [0.2, 0.25) is 0 Å². The molecule has 1 aromatic carbocycles. The van der Waals surface area contributed by atoms with E-state index in [2.05, 4.69) is 10.2 Å². The van der Waals surface area contributed by atoms with Gasteiger partial charge in [0.1, 0.15) is 11.9 Å². The van der Waals surface area contributed by atoms with E-state index in [9.17, 15) is 9.18 Å². The van der Waals surface area contributed by atoms with E-state index in [0.29, 0.717) is 25.4 Å². The van der Waals surface area contributed by atoms with Crippen LogP contribution in [-0.4, -0.2) is 40.7 Å². The molecule has 6 heteroatoms. The smallest absolute Gasteiger partial charge is 0.274 e. The quantitative estimate of drug-likeness (QED) is 0.921. The summed E-state index contributed by atoms with van der Waals surface area (Å²) in [4.78, 5) is 14.7. The number of H-pyrrole nitrogens is 1. The standard InChI is InChI=1S/C18H20FN3O2/c19-13-7-5-12(6-8-13)16-11-22(9-10-24-16)18(23)17-14-3-1-2-4-15(14)20-21-17/h5-8,16H,1-4,9-11H2,(H,20,21)/t16-/m1/s1. The molecule has 0 bridgehead atoms. The van der Waals surface area contributed by atoms with E-state index in [1.165, 1.54) is 12.1 Å². The van der Waals surface area contributed by atoms with Gasteiger partial charge in [-0.15, -0.1) is 0 Å². The molecule has 0 saturated carbocycles. The lowest BCUT2D eigenvalue weighted by atomic mass is 9.95. The number of nitrogens with zero attached hydrogens (tertiary/aromatic N) is 2. The van der Waals surface area contributed by atoms with Crippen LogP contribution in [0, 0.1) is 5.82 Å². The molecule has 4 rings (SSSR count). The van der Waals surface area contributed by atoms with Crippen molar-refractivity contribution in [1.82, 2.24) is 15.1 Å². The number of ether oxygens (including phenoxy) is 1. The van der Waals surface area contributed by atoms with Gasteiger partial charge < -0.3 is 9.64 Å². The summed E-state index contributed by atoms with van der Waals surface area (Å²) in [5.74, 6) is -0.310. The van der Waals surface area contributed by atoms with E-state index >= 15 is 0 Å². The molecule has 1 aromatic heterocycles. The summed E-state index contributed by atoms with van der Waals surface area (Å²) in [7, 11) is 0. The van der Waals surface area contributed by atoms with Crippen LogP contribution >= 0.6 is 0 Å². The fraction of sp³-hybridized carbons (Fsp3) is 0.444. The number of morpholine rings is 1. The minimum atomic E-state index is -0.273. The molecule has 1 aliphatic heterocycles. The highest BCUT2D eigenvalue weighted by atomic mass is 19.1. The predicted octanol–water partition coefficient (Wildman–Crippen LogP) is 2.64. The number of aryl methyl sites for hydroxylation is 1. The van der Waals surface area contributed by atoms with Gasteiger partial charge in [-0.3, -0.25) is 9.89 Å². The largest absolute Gasteiger partial charge is 0.370 e. The van der Waals surface area contributed by atoms with Crippen molar-refractivity contribution < 1.29 is 13.9 Å². The zero-order chi connectivity index (χ0) is 16.5. The fourth-order valence-electron chi connectivity index (χ4n) is 3.52. The number of benzene rings is 1. The van der Waals surface area contributed by atoms with E-state index < -0.39 is 0 Å². The maximum absolute atomic E-state index is 13.1. The van der Waals surface area contributed by atoms with Gasteiger partial charge in [-0.05, 0) is 43.4 Å². The molecule has 1 atom stereocenters. The van der Waals surface area contributed by atoms with Gasteiger partial charge in [-0.2, -0.15) is 5.10 Å². The van der Waals surface area contributed by atoms with Crippen LogP contribution in [0.4, 0.5) is 4.39 Å². The molecule has 0 spiro atoms. The number of hydrogen-bond acceptors (Lipinski definition) is 3. The molecule has 1 fully saturated rings. The Kier molecular flexibility index (Phi) is 4.06. The van der Waals surface area contributed by atoms with Crippen LogP contribution in [0.3, 0.4) is 0 Å². The normalized spacial score (nSPS) is 20.7. The Morgan fingerprint density at radius 3 is 2.88 bits per heavy atom. The van der Waals surface area contributed by atoms with E-state index in [4.69, 9.17) is 4.74 Å². The first-order valence-electron chi connectivity index (χ1n) is 8.45. The lowest BCUT2D eigenvalue weighted by Gasteiger charge is -2.33. The number of fused-ring (bicyclic) bond motifs is 1. The van der Waals surface area contributed by atoms with E-state index in [0.717, 1.165) is 42.5 Å². The maximum Gasteiger partial charge on any atom is 0.274 e. The van der Waals surface area contributed by atoms with Gasteiger partial charge in [0.15, 0.2) is 5.69 Å². The summed E-state index contributed by atoms with van der Waals surface area (Å²) in [6.07, 6.45) is 3.91. The van der Waals surface area contributed by atoms with Crippen molar-refractivity contribution in [2.24, 2.45) is 0 Å². The van der Waals surface area contributed by atoms with Crippen molar-refractivity contribution in [2.45, 2.75) is 31.8 Å². The number of amides is 1. The molecule has 1 N–H and O–H groups in total. The molecule has 2 heterocycles. The summed E-state index contributed by atoms with van der Waals surface area (Å²) in [6, 6.07) is 6.27. The minimum absolute atomic E-state index is 0.0372. The Morgan fingerprint density at radius 2 is 2.04 bits per heavy atom. The van der Waals surface area contributed by atoms with Gasteiger partial charge in [0.05, 0.1) is 13.2 Å². The summed E-state index contributed by atoms with van der Waals surface area (Å²) in [5, 5.41) is 7.30. The minimum Gasteiger partial charge on any atom is -0.370 e. The van der Waals surface area contributed by atoms with Gasteiger partial charge in [-0.25, -0.2) is 4.39 Å². The second-order valence-corrected chi connectivity index (χ2v) is 6.40. The number of carbonyl (C=O) groups is 1. The van der Waals surface area contributed by atoms with Crippen LogP contribution in [0.15, 0.2) is 24.3 Å². The fourth-order valence-corrected chi connectivity index (χ4v) is 3.52. The van der Waals surface area contributed by atoms with Crippen molar-refractivity contribution in [3.05, 3.63) is 52.6 Å². The third kappa shape index (κ3) is 2.82. The van der Waals surface area contributed by atoms with Crippen LogP contribution in [-0.2, 0) is 17.6 Å². The first-order chi connectivity index (χ1) is 11.7. The topological polar surface area (TPSA) is 58.2 Å². The Hall–Kier alpha value is -2.21. The van der Waals surface area contributed by atoms with Crippen LogP contribution in [0.5, 0.6) is 0 Å². The molecule has 5 nitrogen and oxygen atoms in total. The monoisotopic (exact) mass is 329 g/mol. The molecule has 0 radical (unpaired) electrons. The molecule has 1 saturated heterocycles. The van der Waals surface area contributed by atoms with Crippen LogP contribution < -0.4 is 0 Å². The number of nitrogens with one attached hydrogen (secondary N) is 1. The zero-order valence-corrected chi connectivity index (χ0v) is 13.4. The summed E-state index contributed by atoms with van der Waals surface area (Å²) < 4.78 is 18.9. The first kappa shape index (κ1) is 15.3. The van der Waals surface area contributed by atoms with Crippen LogP contribution in [0.25, 0.3) is 0 Å². The molecule has 2 aliphatic rings. The number of halogens is 1. The van der Waals surface area contributed by atoms with Gasteiger partial charge in [0, 0.05) is 17.8 Å². The third-order valence-electron chi connectivity index (χ3n) is 4.85. The molecule has 24 heavy (non-hydrogen) atoms. The zero-order valence-electron chi connectivity index (χ0n) is 13.4. The SMILES string of the molecule is O=C(c1n[nH]c2c1CCCC2)N1CCO[C@@H](c2ccc(F)cc2)C1. The van der Waals surface area contributed by atoms with E-state index in [-0.39, 0.29) is 17.8 Å². The molecule has 1 amide bonds. The molecule has 126 valence electrons. The molecule has 1 aliphatic carbocycles. The van der Waals surface area contributed by atoms with Crippen molar-refractivity contribution in [2.75, 3.05) is 19.7 Å². The maximum atomic E-state index is 13.1. The van der Waals surface area contributed by atoms with Gasteiger partial charge >= 0.3 is 0 Å². The Labute approximate surface area is 139 Å². The Morgan fingerprint density at radius 1 is 1.25 bits per heavy atom. The number of hydrogen-bond donors (Lipinski definition) is 1. The molecule has 0 unspecified atom stereocenters. The summed E-state index contributed by atoms with van der Waals surface area (Å²) >= 11 is 0. The second-order valence-electron chi connectivity index (χ2n) is 6.40. The second kappa shape index (κ2) is 6.36. The van der Waals surface area contributed by atoms with E-state index in [1.54, 1.807) is 17.0 Å². The lowest BCUT2D eigenvalue weighted by molar-refractivity contribution is -0.0230. The summed E-state index contributed by atoms with van der Waals surface area (Å²) in [6.45, 7) is 1.49. The highest BCUT2D eigenvalue weighted by molar-refractivity contribution is 5.94. The molecular formula is C18H20FN3O2. The van der Waals surface area contributed by atoms with Gasteiger partial charge in [0.25, 0.3) is 5.91 Å². The third-order valence-corrected chi connectivity index (χ3v) is 4.85. The predicted molar refractivity (Wildman–Crippen MR) is 86.2 cm³/mol. The number of aromatic nitrogens is 2. The molecular weight excluding hydrogens is 309 g/mol. The average Bonchev–Trinajstić information content (AvgIpc) is 3.06. The highest BCUT2D eigenvalue weighted by Gasteiger charge is 2.30. The average molecular weight is 329 g/mol. The van der Waals surface area contributed by atoms with Gasteiger partial charge in [-0.1, -0.05) is 12.1 Å². The summed E-state index contributed by atoms with van der Waals surface area (Å²) in [5.41, 5.74) is 3.63. The highest BCUT2D eigenvalue weighted by Crippen LogP contribution is 2.26. The van der Waals surface area contributed by atoms with Crippen molar-refractivity contribution in [3.63, 3.8) is 0 Å². The Balaban J connectivity index is 1.52. The molecule has 2 aromatic rings. The van der Waals surface area contributed by atoms with Crippen molar-refractivity contribution in [1.29, 1.82) is 0 Å². The number of aromatic amines is 1. The number of rotatable bonds is 2. The van der Waals surface area contributed by atoms with Crippen LogP contribution in [0.1, 0.15) is 46.3 Å². The van der Waals surface area contributed by atoms with Gasteiger partial charge in [0.2, 0.25) is 0 Å². The Bertz CT molecular complexity index is 741.